The summed E-state index contributed by atoms with van der Waals surface area (Å²) >= 11 is 0. The third-order valence-electron chi connectivity index (χ3n) is 4.04. The molecule has 0 saturated heterocycles. The lowest BCUT2D eigenvalue weighted by molar-refractivity contribution is -0.119. The number of hydrogen-bond acceptors (Lipinski definition) is 4. The molecule has 7 heteroatoms. The zero-order valence-corrected chi connectivity index (χ0v) is 17.1. The standard InChI is InChI=1S/C20H26N2O4S/c1-14-6-7-15(20(2,3)4)12-18(14)27(24,25)22-17-10-8-16(9-11-17)21-19(23)13-26-5/h6-12,22H,13H2,1-5H3,(H,21,23). The normalized spacial score (nSPS) is 11.9. The van der Waals surface area contributed by atoms with Gasteiger partial charge in [-0.25, -0.2) is 8.42 Å². The number of hydrogen-bond donors (Lipinski definition) is 2. The second kappa shape index (κ2) is 8.10. The maximum atomic E-state index is 12.9. The molecule has 0 aliphatic rings. The summed E-state index contributed by atoms with van der Waals surface area (Å²) in [6, 6.07) is 12.0. The van der Waals surface area contributed by atoms with E-state index in [1.54, 1.807) is 37.3 Å². The molecule has 6 nitrogen and oxygen atoms in total. The van der Waals surface area contributed by atoms with Crippen LogP contribution in [0.4, 0.5) is 11.4 Å². The van der Waals surface area contributed by atoms with Crippen LogP contribution in [0.15, 0.2) is 47.4 Å². The molecule has 1 amide bonds. The first-order chi connectivity index (χ1) is 12.5. The van der Waals surface area contributed by atoms with Crippen LogP contribution in [0.1, 0.15) is 31.9 Å². The largest absolute Gasteiger partial charge is 0.375 e. The molecule has 27 heavy (non-hydrogen) atoms. The van der Waals surface area contributed by atoms with E-state index in [2.05, 4.69) is 10.0 Å². The molecule has 0 heterocycles. The Balaban J connectivity index is 2.23. The first-order valence-electron chi connectivity index (χ1n) is 8.56. The third kappa shape index (κ3) is 5.55. The van der Waals surface area contributed by atoms with Crippen LogP contribution in [0, 0.1) is 6.92 Å². The zero-order chi connectivity index (χ0) is 20.2. The molecular formula is C20H26N2O4S. The Labute approximate surface area is 161 Å². The highest BCUT2D eigenvalue weighted by Crippen LogP contribution is 2.28. The fourth-order valence-corrected chi connectivity index (χ4v) is 3.85. The summed E-state index contributed by atoms with van der Waals surface area (Å²) in [7, 11) is -2.29. The van der Waals surface area contributed by atoms with Crippen molar-refractivity contribution in [3.05, 3.63) is 53.6 Å². The molecule has 2 aromatic carbocycles. The number of nitrogens with one attached hydrogen (secondary N) is 2. The molecule has 0 aliphatic carbocycles. The number of carbonyl (C=O) groups is 1. The van der Waals surface area contributed by atoms with E-state index >= 15 is 0 Å². The van der Waals surface area contributed by atoms with E-state index in [9.17, 15) is 13.2 Å². The molecule has 146 valence electrons. The minimum atomic E-state index is -3.73. The summed E-state index contributed by atoms with van der Waals surface area (Å²) in [5.41, 5.74) is 2.45. The van der Waals surface area contributed by atoms with E-state index in [4.69, 9.17) is 4.74 Å². The quantitative estimate of drug-likeness (QED) is 0.788. The fraction of sp³-hybridized carbons (Fsp3) is 0.350. The lowest BCUT2D eigenvalue weighted by atomic mass is 9.87. The van der Waals surface area contributed by atoms with Gasteiger partial charge >= 0.3 is 0 Å². The van der Waals surface area contributed by atoms with E-state index < -0.39 is 10.0 Å². The Morgan fingerprint density at radius 2 is 1.63 bits per heavy atom. The number of ether oxygens (including phenoxy) is 1. The third-order valence-corrected chi connectivity index (χ3v) is 5.56. The number of sulfonamides is 1. The summed E-state index contributed by atoms with van der Waals surface area (Å²) < 4.78 is 33.1. The molecule has 0 radical (unpaired) electrons. The molecule has 2 aromatic rings. The van der Waals surface area contributed by atoms with Gasteiger partial charge in [-0.05, 0) is 53.8 Å². The topological polar surface area (TPSA) is 84.5 Å². The molecule has 0 aromatic heterocycles. The second-order valence-electron chi connectivity index (χ2n) is 7.39. The minimum absolute atomic E-state index is 0.0439. The van der Waals surface area contributed by atoms with Crippen molar-refractivity contribution >= 4 is 27.3 Å². The highest BCUT2D eigenvalue weighted by molar-refractivity contribution is 7.92. The molecular weight excluding hydrogens is 364 g/mol. The Morgan fingerprint density at radius 1 is 1.04 bits per heavy atom. The van der Waals surface area contributed by atoms with Crippen molar-refractivity contribution in [2.75, 3.05) is 23.8 Å². The number of methoxy groups -OCH3 is 1. The molecule has 0 atom stereocenters. The van der Waals surface area contributed by atoms with Crippen LogP contribution in [-0.4, -0.2) is 28.0 Å². The van der Waals surface area contributed by atoms with Crippen molar-refractivity contribution in [2.45, 2.75) is 38.0 Å². The van der Waals surface area contributed by atoms with Gasteiger partial charge in [-0.2, -0.15) is 0 Å². The van der Waals surface area contributed by atoms with Crippen LogP contribution < -0.4 is 10.0 Å². The predicted octanol–water partition coefficient (Wildman–Crippen LogP) is 3.68. The van der Waals surface area contributed by atoms with Gasteiger partial charge < -0.3 is 10.1 Å². The van der Waals surface area contributed by atoms with E-state index in [1.165, 1.54) is 7.11 Å². The van der Waals surface area contributed by atoms with Gasteiger partial charge in [0.1, 0.15) is 6.61 Å². The highest BCUT2D eigenvalue weighted by Gasteiger charge is 2.21. The number of anilines is 2. The van der Waals surface area contributed by atoms with Crippen LogP contribution in [0.5, 0.6) is 0 Å². The van der Waals surface area contributed by atoms with Crippen molar-refractivity contribution in [2.24, 2.45) is 0 Å². The summed E-state index contributed by atoms with van der Waals surface area (Å²) in [4.78, 5) is 11.8. The van der Waals surface area contributed by atoms with Crippen molar-refractivity contribution in [3.8, 4) is 0 Å². The van der Waals surface area contributed by atoms with E-state index in [-0.39, 0.29) is 22.8 Å². The van der Waals surface area contributed by atoms with Crippen LogP contribution in [-0.2, 0) is 25.0 Å². The van der Waals surface area contributed by atoms with Crippen LogP contribution in [0.25, 0.3) is 0 Å². The number of aryl methyl sites for hydroxylation is 1. The average molecular weight is 391 g/mol. The summed E-state index contributed by atoms with van der Waals surface area (Å²) in [6.45, 7) is 7.85. The first kappa shape index (κ1) is 20.9. The number of amides is 1. The van der Waals surface area contributed by atoms with Gasteiger partial charge in [-0.3, -0.25) is 9.52 Å². The predicted molar refractivity (Wildman–Crippen MR) is 108 cm³/mol. The summed E-state index contributed by atoms with van der Waals surface area (Å²) in [6.07, 6.45) is 0. The summed E-state index contributed by atoms with van der Waals surface area (Å²) in [5.74, 6) is -0.277. The lowest BCUT2D eigenvalue weighted by Gasteiger charge is -2.21. The van der Waals surface area contributed by atoms with Gasteiger partial charge in [0.15, 0.2) is 0 Å². The van der Waals surface area contributed by atoms with Crippen molar-refractivity contribution in [3.63, 3.8) is 0 Å². The van der Waals surface area contributed by atoms with Crippen molar-refractivity contribution in [1.82, 2.24) is 0 Å². The van der Waals surface area contributed by atoms with Gasteiger partial charge in [0.25, 0.3) is 10.0 Å². The number of carbonyl (C=O) groups excluding carboxylic acids is 1. The molecule has 0 bridgehead atoms. The fourth-order valence-electron chi connectivity index (χ4n) is 2.52. The van der Waals surface area contributed by atoms with Crippen molar-refractivity contribution < 1.29 is 17.9 Å². The molecule has 2 N–H and O–H groups in total. The molecule has 0 fully saturated rings. The van der Waals surface area contributed by atoms with Gasteiger partial charge in [-0.15, -0.1) is 0 Å². The monoisotopic (exact) mass is 390 g/mol. The average Bonchev–Trinajstić information content (AvgIpc) is 2.55. The Kier molecular flexibility index (Phi) is 6.28. The van der Waals surface area contributed by atoms with Gasteiger partial charge in [0.05, 0.1) is 4.90 Å². The molecule has 0 spiro atoms. The van der Waals surface area contributed by atoms with Crippen LogP contribution >= 0.6 is 0 Å². The second-order valence-corrected chi connectivity index (χ2v) is 9.05. The molecule has 2 rings (SSSR count). The molecule has 0 unspecified atom stereocenters. The first-order valence-corrected chi connectivity index (χ1v) is 10.0. The molecule has 0 saturated carbocycles. The van der Waals surface area contributed by atoms with Crippen LogP contribution in [0.2, 0.25) is 0 Å². The zero-order valence-electron chi connectivity index (χ0n) is 16.3. The lowest BCUT2D eigenvalue weighted by Crippen LogP contribution is -2.18. The maximum Gasteiger partial charge on any atom is 0.262 e. The molecule has 0 aliphatic heterocycles. The Hall–Kier alpha value is -2.38. The van der Waals surface area contributed by atoms with E-state index in [0.717, 1.165) is 5.56 Å². The van der Waals surface area contributed by atoms with Gasteiger partial charge in [-0.1, -0.05) is 32.9 Å². The maximum absolute atomic E-state index is 12.9. The van der Waals surface area contributed by atoms with E-state index in [1.807, 2.05) is 32.9 Å². The van der Waals surface area contributed by atoms with Gasteiger partial charge in [0.2, 0.25) is 5.91 Å². The number of rotatable bonds is 6. The van der Waals surface area contributed by atoms with Gasteiger partial charge in [0, 0.05) is 18.5 Å². The van der Waals surface area contributed by atoms with Crippen LogP contribution in [0.3, 0.4) is 0 Å². The smallest absolute Gasteiger partial charge is 0.262 e. The Morgan fingerprint density at radius 3 is 2.19 bits per heavy atom. The van der Waals surface area contributed by atoms with E-state index in [0.29, 0.717) is 16.9 Å². The SMILES string of the molecule is COCC(=O)Nc1ccc(NS(=O)(=O)c2cc(C(C)(C)C)ccc2C)cc1. The number of benzene rings is 2. The Bertz CT molecular complexity index is 914. The minimum Gasteiger partial charge on any atom is -0.375 e. The highest BCUT2D eigenvalue weighted by atomic mass is 32.2. The van der Waals surface area contributed by atoms with Crippen molar-refractivity contribution in [1.29, 1.82) is 0 Å². The summed E-state index contributed by atoms with van der Waals surface area (Å²) in [5, 5.41) is 2.66.